The molecule has 1 aromatic carbocycles. The lowest BCUT2D eigenvalue weighted by Gasteiger charge is -2.18. The lowest BCUT2D eigenvalue weighted by atomic mass is 10.0. The summed E-state index contributed by atoms with van der Waals surface area (Å²) in [6.07, 6.45) is 3.67. The molecule has 2 atom stereocenters. The number of rotatable bonds is 7. The SMILES string of the molecule is CCOc1ccc(CC(=O)N[C@@H]2CN(c3ncccn3)C[C@H]2CO)cc1. The van der Waals surface area contributed by atoms with Gasteiger partial charge in [0.25, 0.3) is 0 Å². The van der Waals surface area contributed by atoms with Crippen LogP contribution in [0, 0.1) is 5.92 Å². The summed E-state index contributed by atoms with van der Waals surface area (Å²) in [5, 5.41) is 12.7. The number of aliphatic hydroxyl groups is 1. The van der Waals surface area contributed by atoms with Gasteiger partial charge in [0, 0.05) is 38.0 Å². The smallest absolute Gasteiger partial charge is 0.225 e. The van der Waals surface area contributed by atoms with Crippen molar-refractivity contribution in [1.29, 1.82) is 0 Å². The van der Waals surface area contributed by atoms with E-state index in [9.17, 15) is 9.90 Å². The summed E-state index contributed by atoms with van der Waals surface area (Å²) in [5.74, 6) is 1.32. The molecular weight excluding hydrogens is 332 g/mol. The molecule has 0 bridgehead atoms. The summed E-state index contributed by atoms with van der Waals surface area (Å²) in [4.78, 5) is 22.9. The molecule has 0 saturated carbocycles. The normalized spacial score (nSPS) is 19.4. The molecule has 0 radical (unpaired) electrons. The topological polar surface area (TPSA) is 87.6 Å². The van der Waals surface area contributed by atoms with Crippen molar-refractivity contribution >= 4 is 11.9 Å². The molecule has 7 nitrogen and oxygen atoms in total. The molecule has 26 heavy (non-hydrogen) atoms. The van der Waals surface area contributed by atoms with E-state index < -0.39 is 0 Å². The molecule has 0 unspecified atom stereocenters. The summed E-state index contributed by atoms with van der Waals surface area (Å²) in [6, 6.07) is 9.16. The number of amides is 1. The number of carbonyl (C=O) groups excluding carboxylic acids is 1. The van der Waals surface area contributed by atoms with E-state index in [1.54, 1.807) is 18.5 Å². The number of hydrogen-bond donors (Lipinski definition) is 2. The fourth-order valence-electron chi connectivity index (χ4n) is 3.15. The van der Waals surface area contributed by atoms with Gasteiger partial charge in [0.1, 0.15) is 5.75 Å². The Balaban J connectivity index is 1.57. The number of ether oxygens (including phenoxy) is 1. The van der Waals surface area contributed by atoms with Gasteiger partial charge in [-0.25, -0.2) is 9.97 Å². The average molecular weight is 356 g/mol. The molecule has 0 aliphatic carbocycles. The van der Waals surface area contributed by atoms with E-state index in [1.807, 2.05) is 36.1 Å². The maximum Gasteiger partial charge on any atom is 0.225 e. The van der Waals surface area contributed by atoms with Crippen molar-refractivity contribution < 1.29 is 14.6 Å². The molecule has 1 fully saturated rings. The zero-order valence-corrected chi connectivity index (χ0v) is 14.8. The molecule has 2 N–H and O–H groups in total. The summed E-state index contributed by atoms with van der Waals surface area (Å²) >= 11 is 0. The Kier molecular flexibility index (Phi) is 6.01. The van der Waals surface area contributed by atoms with E-state index in [2.05, 4.69) is 15.3 Å². The molecule has 1 aliphatic rings. The fraction of sp³-hybridized carbons (Fsp3) is 0.421. The Morgan fingerprint density at radius 2 is 2.00 bits per heavy atom. The Morgan fingerprint density at radius 3 is 2.65 bits per heavy atom. The Hall–Kier alpha value is -2.67. The maximum absolute atomic E-state index is 12.4. The van der Waals surface area contributed by atoms with Crippen LogP contribution in [0.5, 0.6) is 5.75 Å². The van der Waals surface area contributed by atoms with Crippen LogP contribution in [0.2, 0.25) is 0 Å². The number of aromatic nitrogens is 2. The van der Waals surface area contributed by atoms with Gasteiger partial charge in [-0.3, -0.25) is 4.79 Å². The molecular formula is C19H24N4O3. The third kappa shape index (κ3) is 4.49. The van der Waals surface area contributed by atoms with E-state index in [0.29, 0.717) is 32.1 Å². The summed E-state index contributed by atoms with van der Waals surface area (Å²) in [6.45, 7) is 3.77. The van der Waals surface area contributed by atoms with Crippen molar-refractivity contribution in [2.45, 2.75) is 19.4 Å². The maximum atomic E-state index is 12.4. The second kappa shape index (κ2) is 8.62. The molecule has 1 aromatic heterocycles. The van der Waals surface area contributed by atoms with E-state index in [0.717, 1.165) is 11.3 Å². The number of benzene rings is 1. The van der Waals surface area contributed by atoms with Crippen molar-refractivity contribution in [3.8, 4) is 5.75 Å². The first-order valence-electron chi connectivity index (χ1n) is 8.83. The molecule has 1 amide bonds. The summed E-state index contributed by atoms with van der Waals surface area (Å²) in [7, 11) is 0. The van der Waals surface area contributed by atoms with Crippen molar-refractivity contribution in [2.75, 3.05) is 31.2 Å². The van der Waals surface area contributed by atoms with Crippen molar-refractivity contribution in [1.82, 2.24) is 15.3 Å². The first-order chi connectivity index (χ1) is 12.7. The number of nitrogens with zero attached hydrogens (tertiary/aromatic N) is 3. The molecule has 3 rings (SSSR count). The summed E-state index contributed by atoms with van der Waals surface area (Å²) < 4.78 is 5.41. The highest BCUT2D eigenvalue weighted by Gasteiger charge is 2.34. The summed E-state index contributed by atoms with van der Waals surface area (Å²) in [5.41, 5.74) is 0.924. The third-order valence-electron chi connectivity index (χ3n) is 4.46. The van der Waals surface area contributed by atoms with Gasteiger partial charge in [0.2, 0.25) is 11.9 Å². The minimum absolute atomic E-state index is 0.0112. The van der Waals surface area contributed by atoms with Crippen LogP contribution >= 0.6 is 0 Å². The van der Waals surface area contributed by atoms with Gasteiger partial charge >= 0.3 is 0 Å². The van der Waals surface area contributed by atoms with E-state index >= 15 is 0 Å². The zero-order valence-electron chi connectivity index (χ0n) is 14.8. The predicted molar refractivity (Wildman–Crippen MR) is 98.1 cm³/mol. The quantitative estimate of drug-likeness (QED) is 0.771. The Labute approximate surface area is 153 Å². The number of anilines is 1. The first-order valence-corrected chi connectivity index (χ1v) is 8.83. The monoisotopic (exact) mass is 356 g/mol. The van der Waals surface area contributed by atoms with Gasteiger partial charge in [0.15, 0.2) is 0 Å². The van der Waals surface area contributed by atoms with E-state index in [-0.39, 0.29) is 24.5 Å². The van der Waals surface area contributed by atoms with Crippen LogP contribution in [0.1, 0.15) is 12.5 Å². The van der Waals surface area contributed by atoms with Crippen LogP contribution < -0.4 is 15.0 Å². The lowest BCUT2D eigenvalue weighted by molar-refractivity contribution is -0.121. The van der Waals surface area contributed by atoms with Crippen molar-refractivity contribution in [3.05, 3.63) is 48.3 Å². The fourth-order valence-corrected chi connectivity index (χ4v) is 3.15. The molecule has 1 saturated heterocycles. The van der Waals surface area contributed by atoms with Crippen molar-refractivity contribution in [3.63, 3.8) is 0 Å². The highest BCUT2D eigenvalue weighted by molar-refractivity contribution is 5.79. The van der Waals surface area contributed by atoms with Gasteiger partial charge in [-0.2, -0.15) is 0 Å². The van der Waals surface area contributed by atoms with Crippen LogP contribution in [0.25, 0.3) is 0 Å². The van der Waals surface area contributed by atoms with Crippen LogP contribution in [0.3, 0.4) is 0 Å². The second-order valence-electron chi connectivity index (χ2n) is 6.32. The average Bonchev–Trinajstić information content (AvgIpc) is 3.07. The Morgan fingerprint density at radius 1 is 1.27 bits per heavy atom. The van der Waals surface area contributed by atoms with Gasteiger partial charge in [-0.05, 0) is 30.7 Å². The van der Waals surface area contributed by atoms with E-state index in [1.165, 1.54) is 0 Å². The minimum atomic E-state index is -0.126. The van der Waals surface area contributed by atoms with Gasteiger partial charge in [0.05, 0.1) is 19.1 Å². The van der Waals surface area contributed by atoms with Crippen LogP contribution in [0.4, 0.5) is 5.95 Å². The van der Waals surface area contributed by atoms with Crippen LogP contribution in [-0.2, 0) is 11.2 Å². The highest BCUT2D eigenvalue weighted by atomic mass is 16.5. The molecule has 0 spiro atoms. The minimum Gasteiger partial charge on any atom is -0.494 e. The Bertz CT molecular complexity index is 708. The molecule has 2 heterocycles. The number of hydrogen-bond acceptors (Lipinski definition) is 6. The van der Waals surface area contributed by atoms with Crippen molar-refractivity contribution in [2.24, 2.45) is 5.92 Å². The van der Waals surface area contributed by atoms with Crippen LogP contribution in [0.15, 0.2) is 42.7 Å². The standard InChI is InChI=1S/C19H24N4O3/c1-2-26-16-6-4-14(5-7-16)10-18(25)22-17-12-23(11-15(17)13-24)19-20-8-3-9-21-19/h3-9,15,17,24H,2,10-13H2,1H3,(H,22,25)/t15-,17+/m0/s1. The second-order valence-corrected chi connectivity index (χ2v) is 6.32. The molecule has 138 valence electrons. The van der Waals surface area contributed by atoms with Gasteiger partial charge in [-0.1, -0.05) is 12.1 Å². The number of nitrogens with one attached hydrogen (secondary N) is 1. The first kappa shape index (κ1) is 18.1. The zero-order chi connectivity index (χ0) is 18.4. The predicted octanol–water partition coefficient (Wildman–Crippen LogP) is 1.03. The lowest BCUT2D eigenvalue weighted by Crippen LogP contribution is -2.42. The van der Waals surface area contributed by atoms with Gasteiger partial charge in [-0.15, -0.1) is 0 Å². The van der Waals surface area contributed by atoms with E-state index in [4.69, 9.17) is 4.74 Å². The number of aliphatic hydroxyl groups excluding tert-OH is 1. The molecule has 1 aliphatic heterocycles. The largest absolute Gasteiger partial charge is 0.494 e. The highest BCUT2D eigenvalue weighted by Crippen LogP contribution is 2.21. The molecule has 2 aromatic rings. The van der Waals surface area contributed by atoms with Gasteiger partial charge < -0.3 is 20.1 Å². The number of carbonyl (C=O) groups is 1. The van der Waals surface area contributed by atoms with Crippen LogP contribution in [-0.4, -0.2) is 53.3 Å². The third-order valence-corrected chi connectivity index (χ3v) is 4.46. The molecule has 7 heteroatoms.